The number of aromatic hydroxyl groups is 1. The normalized spacial score (nSPS) is 11.5. The minimum atomic E-state index is -0.170. The number of thiophene rings is 1. The van der Waals surface area contributed by atoms with Crippen molar-refractivity contribution in [2.75, 3.05) is 0 Å². The molecule has 0 aliphatic rings. The molecule has 3 rings (SSSR count). The van der Waals surface area contributed by atoms with Gasteiger partial charge in [0.2, 0.25) is 0 Å². The minimum absolute atomic E-state index is 0.170. The number of hydrogen-bond acceptors (Lipinski definition) is 5. The van der Waals surface area contributed by atoms with E-state index in [1.165, 1.54) is 22.3 Å². The van der Waals surface area contributed by atoms with Crippen molar-refractivity contribution in [3.05, 3.63) is 57.0 Å². The minimum Gasteiger partial charge on any atom is -0.508 e. The Balaban J connectivity index is 2.05. The highest BCUT2D eigenvalue weighted by atomic mass is 32.1. The van der Waals surface area contributed by atoms with Gasteiger partial charge in [-0.05, 0) is 49.2 Å². The Hall–Kier alpha value is -2.47. The van der Waals surface area contributed by atoms with Gasteiger partial charge in [-0.25, -0.2) is 4.98 Å². The Kier molecular flexibility index (Phi) is 3.31. The monoisotopic (exact) mass is 299 g/mol. The largest absolute Gasteiger partial charge is 0.508 e. The Bertz CT molecular complexity index is 892. The average Bonchev–Trinajstić information content (AvgIpc) is 2.76. The fourth-order valence-corrected chi connectivity index (χ4v) is 2.98. The number of rotatable bonds is 2. The van der Waals surface area contributed by atoms with Gasteiger partial charge in [-0.2, -0.15) is 9.78 Å². The molecule has 0 aliphatic heterocycles. The lowest BCUT2D eigenvalue weighted by molar-refractivity contribution is 0.475. The molecule has 0 fully saturated rings. The van der Waals surface area contributed by atoms with Crippen LogP contribution in [0.1, 0.15) is 16.0 Å². The van der Waals surface area contributed by atoms with Crippen LogP contribution in [0, 0.1) is 13.8 Å². The third-order valence-electron chi connectivity index (χ3n) is 3.30. The van der Waals surface area contributed by atoms with E-state index in [4.69, 9.17) is 0 Å². The second-order valence-corrected chi connectivity index (χ2v) is 5.90. The Morgan fingerprint density at radius 1 is 1.29 bits per heavy atom. The number of phenols is 1. The molecular formula is C15H13N3O2S. The van der Waals surface area contributed by atoms with E-state index in [1.54, 1.807) is 30.5 Å². The molecule has 0 spiro atoms. The highest BCUT2D eigenvalue weighted by Gasteiger charge is 2.11. The molecule has 21 heavy (non-hydrogen) atoms. The zero-order valence-electron chi connectivity index (χ0n) is 11.6. The number of phenolic OH excluding ortho intramolecular Hbond substituents is 1. The maximum Gasteiger partial charge on any atom is 0.282 e. The predicted octanol–water partition coefficient (Wildman–Crippen LogP) is 2.66. The summed E-state index contributed by atoms with van der Waals surface area (Å²) < 4.78 is 1.23. The van der Waals surface area contributed by atoms with E-state index >= 15 is 0 Å². The lowest BCUT2D eigenvalue weighted by Gasteiger charge is -1.98. The highest BCUT2D eigenvalue weighted by molar-refractivity contribution is 7.18. The van der Waals surface area contributed by atoms with Crippen LogP contribution < -0.4 is 5.56 Å². The molecule has 0 saturated heterocycles. The molecule has 0 aliphatic carbocycles. The number of aryl methyl sites for hydroxylation is 2. The molecule has 0 amide bonds. The van der Waals surface area contributed by atoms with Crippen molar-refractivity contribution in [3.8, 4) is 5.75 Å². The van der Waals surface area contributed by atoms with Crippen LogP contribution in [0.2, 0.25) is 0 Å². The van der Waals surface area contributed by atoms with Crippen LogP contribution in [0.25, 0.3) is 10.2 Å². The van der Waals surface area contributed by atoms with Crippen molar-refractivity contribution < 1.29 is 5.11 Å². The maximum atomic E-state index is 12.4. The first-order chi connectivity index (χ1) is 10.1. The SMILES string of the molecule is Cc1sc2ncn(/N=C\c3ccc(O)cc3)c(=O)c2c1C. The summed E-state index contributed by atoms with van der Waals surface area (Å²) >= 11 is 1.51. The lowest BCUT2D eigenvalue weighted by Crippen LogP contribution is -2.16. The van der Waals surface area contributed by atoms with Crippen molar-refractivity contribution in [2.45, 2.75) is 13.8 Å². The summed E-state index contributed by atoms with van der Waals surface area (Å²) in [6.07, 6.45) is 2.99. The third kappa shape index (κ3) is 2.45. The van der Waals surface area contributed by atoms with Crippen molar-refractivity contribution in [3.63, 3.8) is 0 Å². The standard InChI is InChI=1S/C15H13N3O2S/c1-9-10(2)21-14-13(9)15(20)18(8-16-14)17-7-11-3-5-12(19)6-4-11/h3-8,19H,1-2H3/b17-7-. The summed E-state index contributed by atoms with van der Waals surface area (Å²) in [5, 5.41) is 14.0. The summed E-state index contributed by atoms with van der Waals surface area (Å²) in [5.74, 6) is 0.191. The van der Waals surface area contributed by atoms with Crippen LogP contribution in [0.5, 0.6) is 5.75 Å². The Morgan fingerprint density at radius 2 is 2.00 bits per heavy atom. The molecule has 0 bridgehead atoms. The molecule has 1 aromatic carbocycles. The molecule has 106 valence electrons. The van der Waals surface area contributed by atoms with Gasteiger partial charge in [0.15, 0.2) is 0 Å². The van der Waals surface area contributed by atoms with Crippen LogP contribution >= 0.6 is 11.3 Å². The topological polar surface area (TPSA) is 67.5 Å². The zero-order valence-corrected chi connectivity index (χ0v) is 12.4. The molecule has 0 radical (unpaired) electrons. The van der Waals surface area contributed by atoms with E-state index in [1.807, 2.05) is 13.8 Å². The van der Waals surface area contributed by atoms with Gasteiger partial charge in [0.25, 0.3) is 5.56 Å². The van der Waals surface area contributed by atoms with E-state index in [9.17, 15) is 9.90 Å². The fourth-order valence-electron chi connectivity index (χ4n) is 2.00. The van der Waals surface area contributed by atoms with E-state index in [2.05, 4.69) is 10.1 Å². The van der Waals surface area contributed by atoms with Gasteiger partial charge in [0, 0.05) is 4.88 Å². The number of benzene rings is 1. The molecular weight excluding hydrogens is 286 g/mol. The second kappa shape index (κ2) is 5.14. The molecule has 0 saturated carbocycles. The van der Waals surface area contributed by atoms with E-state index in [0.29, 0.717) is 5.39 Å². The lowest BCUT2D eigenvalue weighted by atomic mass is 10.2. The molecule has 3 aromatic rings. The summed E-state index contributed by atoms with van der Waals surface area (Å²) in [5.41, 5.74) is 1.58. The Labute approximate surface area is 124 Å². The van der Waals surface area contributed by atoms with Gasteiger partial charge in [-0.15, -0.1) is 11.3 Å². The predicted molar refractivity (Wildman–Crippen MR) is 84.5 cm³/mol. The Morgan fingerprint density at radius 3 is 2.71 bits per heavy atom. The van der Waals surface area contributed by atoms with Crippen LogP contribution in [0.3, 0.4) is 0 Å². The summed E-state index contributed by atoms with van der Waals surface area (Å²) in [4.78, 5) is 18.5. The van der Waals surface area contributed by atoms with E-state index < -0.39 is 0 Å². The quantitative estimate of drug-likeness (QED) is 0.740. The van der Waals surface area contributed by atoms with E-state index in [-0.39, 0.29) is 11.3 Å². The van der Waals surface area contributed by atoms with Gasteiger partial charge in [0.05, 0.1) is 11.6 Å². The van der Waals surface area contributed by atoms with Gasteiger partial charge >= 0.3 is 0 Å². The molecule has 0 atom stereocenters. The van der Waals surface area contributed by atoms with Crippen LogP contribution in [0.15, 0.2) is 40.5 Å². The van der Waals surface area contributed by atoms with Crippen molar-refractivity contribution in [1.82, 2.24) is 9.66 Å². The smallest absolute Gasteiger partial charge is 0.282 e. The molecule has 1 N–H and O–H groups in total. The van der Waals surface area contributed by atoms with Crippen LogP contribution in [0.4, 0.5) is 0 Å². The number of fused-ring (bicyclic) bond motifs is 1. The van der Waals surface area contributed by atoms with Gasteiger partial charge in [0.1, 0.15) is 16.9 Å². The first-order valence-corrected chi connectivity index (χ1v) is 7.18. The van der Waals surface area contributed by atoms with Crippen molar-refractivity contribution in [1.29, 1.82) is 0 Å². The molecule has 2 aromatic heterocycles. The van der Waals surface area contributed by atoms with Gasteiger partial charge < -0.3 is 5.11 Å². The van der Waals surface area contributed by atoms with Crippen molar-refractivity contribution >= 4 is 27.8 Å². The summed E-state index contributed by atoms with van der Waals surface area (Å²) in [6, 6.07) is 6.57. The third-order valence-corrected chi connectivity index (χ3v) is 4.41. The number of nitrogens with zero attached hydrogens (tertiary/aromatic N) is 3. The van der Waals surface area contributed by atoms with Gasteiger partial charge in [-0.1, -0.05) is 0 Å². The number of aromatic nitrogens is 2. The summed E-state index contributed by atoms with van der Waals surface area (Å²) in [7, 11) is 0. The first kappa shape index (κ1) is 13.5. The molecule has 0 unspecified atom stereocenters. The van der Waals surface area contributed by atoms with E-state index in [0.717, 1.165) is 20.8 Å². The first-order valence-electron chi connectivity index (χ1n) is 6.37. The second-order valence-electron chi connectivity index (χ2n) is 4.69. The van der Waals surface area contributed by atoms with Gasteiger partial charge in [-0.3, -0.25) is 4.79 Å². The zero-order chi connectivity index (χ0) is 15.0. The van der Waals surface area contributed by atoms with Crippen LogP contribution in [-0.4, -0.2) is 21.0 Å². The molecule has 5 nitrogen and oxygen atoms in total. The molecule has 6 heteroatoms. The molecule has 2 heterocycles. The average molecular weight is 299 g/mol. The fraction of sp³-hybridized carbons (Fsp3) is 0.133. The summed E-state index contributed by atoms with van der Waals surface area (Å²) in [6.45, 7) is 3.90. The number of hydrogen-bond donors (Lipinski definition) is 1. The maximum absolute atomic E-state index is 12.4. The highest BCUT2D eigenvalue weighted by Crippen LogP contribution is 2.25. The van der Waals surface area contributed by atoms with Crippen molar-refractivity contribution in [2.24, 2.45) is 5.10 Å². The van der Waals surface area contributed by atoms with Crippen LogP contribution in [-0.2, 0) is 0 Å².